The minimum atomic E-state index is -3.11. The van der Waals surface area contributed by atoms with Crippen molar-refractivity contribution in [3.63, 3.8) is 0 Å². The van der Waals surface area contributed by atoms with E-state index in [1.54, 1.807) is 6.92 Å². The lowest BCUT2D eigenvalue weighted by Crippen LogP contribution is -2.44. The van der Waals surface area contributed by atoms with Gasteiger partial charge >= 0.3 is 0 Å². The highest BCUT2D eigenvalue weighted by atomic mass is 35.5. The van der Waals surface area contributed by atoms with Crippen LogP contribution in [0.25, 0.3) is 0 Å². The van der Waals surface area contributed by atoms with Gasteiger partial charge in [-0.25, -0.2) is 8.42 Å². The SMILES string of the molecule is CCNC(Cc1c(Cl)c(CC)nn1CC)C(C)S(C)(=O)=O. The Balaban J connectivity index is 3.12. The van der Waals surface area contributed by atoms with Crippen molar-refractivity contribution in [2.45, 2.75) is 58.4 Å². The summed E-state index contributed by atoms with van der Waals surface area (Å²) in [5.41, 5.74) is 1.79. The molecule has 0 fully saturated rings. The van der Waals surface area contributed by atoms with Crippen LogP contribution in [0, 0.1) is 0 Å². The van der Waals surface area contributed by atoms with Crippen molar-refractivity contribution in [1.82, 2.24) is 15.1 Å². The second-order valence-electron chi connectivity index (χ2n) is 5.28. The first kappa shape index (κ1) is 18.5. The molecule has 0 amide bonds. The van der Waals surface area contributed by atoms with Gasteiger partial charge in [0.15, 0.2) is 9.84 Å². The number of aryl methyl sites for hydroxylation is 2. The maximum atomic E-state index is 11.8. The average molecular weight is 336 g/mol. The van der Waals surface area contributed by atoms with Gasteiger partial charge in [0, 0.05) is 25.3 Å². The second kappa shape index (κ2) is 7.61. The fourth-order valence-corrected chi connectivity index (χ4v) is 3.52. The molecule has 0 aromatic carbocycles. The number of likely N-dealkylation sites (N-methyl/N-ethyl adjacent to an activating group) is 1. The van der Waals surface area contributed by atoms with E-state index in [2.05, 4.69) is 10.4 Å². The van der Waals surface area contributed by atoms with E-state index in [0.29, 0.717) is 18.0 Å². The van der Waals surface area contributed by atoms with Crippen LogP contribution in [-0.4, -0.2) is 42.3 Å². The van der Waals surface area contributed by atoms with Crippen molar-refractivity contribution in [1.29, 1.82) is 0 Å². The van der Waals surface area contributed by atoms with E-state index in [1.165, 1.54) is 6.26 Å². The topological polar surface area (TPSA) is 64.0 Å². The minimum Gasteiger partial charge on any atom is -0.313 e. The van der Waals surface area contributed by atoms with E-state index >= 15 is 0 Å². The molecule has 122 valence electrons. The summed E-state index contributed by atoms with van der Waals surface area (Å²) in [7, 11) is -3.11. The lowest BCUT2D eigenvalue weighted by atomic mass is 10.1. The van der Waals surface area contributed by atoms with Crippen molar-refractivity contribution in [3.05, 3.63) is 16.4 Å². The van der Waals surface area contributed by atoms with Crippen LogP contribution in [0.4, 0.5) is 0 Å². The molecule has 21 heavy (non-hydrogen) atoms. The van der Waals surface area contributed by atoms with Crippen LogP contribution in [-0.2, 0) is 29.2 Å². The molecule has 5 nitrogen and oxygen atoms in total. The van der Waals surface area contributed by atoms with Crippen LogP contribution in [0.1, 0.15) is 39.1 Å². The molecule has 0 aliphatic heterocycles. The Morgan fingerprint density at radius 2 is 1.95 bits per heavy atom. The molecule has 2 unspecified atom stereocenters. The third-order valence-electron chi connectivity index (χ3n) is 3.82. The van der Waals surface area contributed by atoms with Crippen LogP contribution in [0.5, 0.6) is 0 Å². The first-order chi connectivity index (χ1) is 9.76. The molecule has 7 heteroatoms. The number of aromatic nitrogens is 2. The third kappa shape index (κ3) is 4.44. The highest BCUT2D eigenvalue weighted by molar-refractivity contribution is 7.91. The highest BCUT2D eigenvalue weighted by Gasteiger charge is 2.28. The van der Waals surface area contributed by atoms with E-state index in [-0.39, 0.29) is 6.04 Å². The minimum absolute atomic E-state index is 0.172. The maximum absolute atomic E-state index is 11.8. The van der Waals surface area contributed by atoms with Gasteiger partial charge in [-0.3, -0.25) is 4.68 Å². The monoisotopic (exact) mass is 335 g/mol. The van der Waals surface area contributed by atoms with Crippen molar-refractivity contribution >= 4 is 21.4 Å². The Hall–Kier alpha value is -0.590. The number of nitrogens with one attached hydrogen (secondary N) is 1. The fourth-order valence-electron chi connectivity index (χ4n) is 2.39. The molecule has 0 radical (unpaired) electrons. The summed E-state index contributed by atoms with van der Waals surface area (Å²) in [5, 5.41) is 7.95. The zero-order valence-corrected chi connectivity index (χ0v) is 15.1. The summed E-state index contributed by atoms with van der Waals surface area (Å²) in [6.07, 6.45) is 2.60. The van der Waals surface area contributed by atoms with E-state index < -0.39 is 15.1 Å². The van der Waals surface area contributed by atoms with Crippen LogP contribution in [0.3, 0.4) is 0 Å². The molecule has 0 aliphatic rings. The summed E-state index contributed by atoms with van der Waals surface area (Å²) in [5.74, 6) is 0. The first-order valence-electron chi connectivity index (χ1n) is 7.42. The normalized spacial score (nSPS) is 15.1. The van der Waals surface area contributed by atoms with Gasteiger partial charge in [0.25, 0.3) is 0 Å². The van der Waals surface area contributed by atoms with Gasteiger partial charge in [-0.05, 0) is 26.8 Å². The molecule has 2 atom stereocenters. The van der Waals surface area contributed by atoms with Crippen molar-refractivity contribution < 1.29 is 8.42 Å². The largest absolute Gasteiger partial charge is 0.313 e. The molecule has 0 spiro atoms. The number of sulfone groups is 1. The van der Waals surface area contributed by atoms with Crippen molar-refractivity contribution in [2.75, 3.05) is 12.8 Å². The summed E-state index contributed by atoms with van der Waals surface area (Å²) < 4.78 is 25.6. The van der Waals surface area contributed by atoms with Crippen LogP contribution >= 0.6 is 11.6 Å². The quantitative estimate of drug-likeness (QED) is 0.790. The van der Waals surface area contributed by atoms with Crippen LogP contribution in [0.15, 0.2) is 0 Å². The van der Waals surface area contributed by atoms with Crippen LogP contribution < -0.4 is 5.32 Å². The van der Waals surface area contributed by atoms with Gasteiger partial charge in [-0.1, -0.05) is 25.4 Å². The molecule has 0 bridgehead atoms. The van der Waals surface area contributed by atoms with Gasteiger partial charge in [0.05, 0.1) is 21.7 Å². The molecule has 1 aromatic rings. The Morgan fingerprint density at radius 1 is 1.33 bits per heavy atom. The zero-order chi connectivity index (χ0) is 16.2. The molecule has 1 rings (SSSR count). The van der Waals surface area contributed by atoms with Gasteiger partial charge in [-0.15, -0.1) is 0 Å². The number of halogens is 1. The van der Waals surface area contributed by atoms with Gasteiger partial charge in [0.2, 0.25) is 0 Å². The predicted octanol–water partition coefficient (Wildman–Crippen LogP) is 2.07. The van der Waals surface area contributed by atoms with Crippen molar-refractivity contribution in [2.24, 2.45) is 0 Å². The van der Waals surface area contributed by atoms with Crippen LogP contribution in [0.2, 0.25) is 5.02 Å². The lowest BCUT2D eigenvalue weighted by molar-refractivity contribution is 0.476. The summed E-state index contributed by atoms with van der Waals surface area (Å²) in [4.78, 5) is 0. The fraction of sp³-hybridized carbons (Fsp3) is 0.786. The number of hydrogen-bond acceptors (Lipinski definition) is 4. The Bertz CT molecular complexity index is 569. The standard InChI is InChI=1S/C14H26ClN3O2S/c1-6-11-14(15)13(18(8-3)17-11)9-12(16-7-2)10(4)21(5,19)20/h10,12,16H,6-9H2,1-5H3. The molecule has 0 aliphatic carbocycles. The lowest BCUT2D eigenvalue weighted by Gasteiger charge is -2.24. The number of nitrogens with zero attached hydrogens (tertiary/aromatic N) is 2. The third-order valence-corrected chi connectivity index (χ3v) is 5.93. The van der Waals surface area contributed by atoms with Gasteiger partial charge < -0.3 is 5.32 Å². The molecule has 1 heterocycles. The number of hydrogen-bond donors (Lipinski definition) is 1. The molecular weight excluding hydrogens is 310 g/mol. The first-order valence-corrected chi connectivity index (χ1v) is 9.75. The van der Waals surface area contributed by atoms with Gasteiger partial charge in [0.1, 0.15) is 0 Å². The summed E-state index contributed by atoms with van der Waals surface area (Å²) in [6.45, 7) is 9.17. The maximum Gasteiger partial charge on any atom is 0.151 e. The van der Waals surface area contributed by atoms with E-state index in [0.717, 1.165) is 24.4 Å². The highest BCUT2D eigenvalue weighted by Crippen LogP contribution is 2.24. The summed E-state index contributed by atoms with van der Waals surface area (Å²) in [6, 6.07) is -0.172. The van der Waals surface area contributed by atoms with E-state index in [4.69, 9.17) is 11.6 Å². The zero-order valence-electron chi connectivity index (χ0n) is 13.5. The molecule has 0 saturated carbocycles. The predicted molar refractivity (Wildman–Crippen MR) is 87.8 cm³/mol. The van der Waals surface area contributed by atoms with E-state index in [1.807, 2.05) is 25.5 Å². The van der Waals surface area contributed by atoms with Crippen molar-refractivity contribution in [3.8, 4) is 0 Å². The van der Waals surface area contributed by atoms with E-state index in [9.17, 15) is 8.42 Å². The number of rotatable bonds is 8. The molecular formula is C14H26ClN3O2S. The molecule has 1 aromatic heterocycles. The Morgan fingerprint density at radius 3 is 2.38 bits per heavy atom. The molecule has 1 N–H and O–H groups in total. The summed E-state index contributed by atoms with van der Waals surface area (Å²) >= 11 is 6.41. The second-order valence-corrected chi connectivity index (χ2v) is 8.06. The molecule has 0 saturated heterocycles. The van der Waals surface area contributed by atoms with Gasteiger partial charge in [-0.2, -0.15) is 5.10 Å². The average Bonchev–Trinajstić information content (AvgIpc) is 2.72. The Labute approximate surface area is 133 Å². The Kier molecular flexibility index (Phi) is 6.69. The smallest absolute Gasteiger partial charge is 0.151 e.